The maximum absolute atomic E-state index is 13.1. The molecule has 0 aliphatic carbocycles. The average Bonchev–Trinajstić information content (AvgIpc) is 2.54. The molecule has 1 N–H and O–H groups in total. The molecule has 0 spiro atoms. The van der Waals surface area contributed by atoms with Gasteiger partial charge in [0.15, 0.2) is 0 Å². The van der Waals surface area contributed by atoms with Crippen molar-refractivity contribution in [2.45, 2.75) is 11.1 Å². The molecule has 0 radical (unpaired) electrons. The Kier molecular flexibility index (Phi) is 5.12. The van der Waals surface area contributed by atoms with Gasteiger partial charge in [-0.2, -0.15) is 13.2 Å². The largest absolute Gasteiger partial charge is 0.497 e. The lowest BCUT2D eigenvalue weighted by molar-refractivity contribution is -0.137. The smallest absolute Gasteiger partial charge is 0.418 e. The molecule has 2 aromatic carbocycles. The first-order valence-corrected chi connectivity index (χ1v) is 8.18. The summed E-state index contributed by atoms with van der Waals surface area (Å²) in [5, 5.41) is 0. The van der Waals surface area contributed by atoms with E-state index >= 15 is 0 Å². The van der Waals surface area contributed by atoms with Crippen LogP contribution in [0.4, 0.5) is 23.2 Å². The maximum atomic E-state index is 13.1. The van der Waals surface area contributed by atoms with Crippen molar-refractivity contribution in [1.82, 2.24) is 0 Å². The quantitative estimate of drug-likeness (QED) is 0.806. The fourth-order valence-electron chi connectivity index (χ4n) is 2.03. The number of alkyl halides is 3. The lowest BCUT2D eigenvalue weighted by Crippen LogP contribution is -2.18. The van der Waals surface area contributed by atoms with Gasteiger partial charge < -0.3 is 9.47 Å². The Morgan fingerprint density at radius 3 is 2.24 bits per heavy atom. The van der Waals surface area contributed by atoms with Crippen molar-refractivity contribution in [3.8, 4) is 11.5 Å². The van der Waals surface area contributed by atoms with Crippen molar-refractivity contribution in [2.75, 3.05) is 18.9 Å². The maximum Gasteiger partial charge on any atom is 0.418 e. The van der Waals surface area contributed by atoms with Crippen LogP contribution in [0.2, 0.25) is 0 Å². The van der Waals surface area contributed by atoms with Crippen LogP contribution in [-0.4, -0.2) is 22.6 Å². The highest BCUT2D eigenvalue weighted by Crippen LogP contribution is 2.37. The van der Waals surface area contributed by atoms with E-state index in [0.29, 0.717) is 6.07 Å². The molecule has 2 rings (SSSR count). The lowest BCUT2D eigenvalue weighted by atomic mass is 10.2. The molecule has 0 saturated heterocycles. The fourth-order valence-corrected chi connectivity index (χ4v) is 3.30. The molecule has 0 fully saturated rings. The van der Waals surface area contributed by atoms with E-state index in [9.17, 15) is 26.0 Å². The third kappa shape index (κ3) is 4.13. The van der Waals surface area contributed by atoms with Crippen LogP contribution >= 0.6 is 0 Å². The Labute approximate surface area is 141 Å². The summed E-state index contributed by atoms with van der Waals surface area (Å²) in [6, 6.07) is 5.44. The van der Waals surface area contributed by atoms with Crippen LogP contribution in [0.3, 0.4) is 0 Å². The Balaban J connectivity index is 2.54. The first-order chi connectivity index (χ1) is 11.6. The monoisotopic (exact) mass is 379 g/mol. The van der Waals surface area contributed by atoms with Crippen molar-refractivity contribution in [1.29, 1.82) is 0 Å². The summed E-state index contributed by atoms with van der Waals surface area (Å²) in [6.07, 6.45) is -4.95. The van der Waals surface area contributed by atoms with E-state index in [0.717, 1.165) is 12.1 Å². The van der Waals surface area contributed by atoms with Crippen LogP contribution in [-0.2, 0) is 16.2 Å². The molecule has 0 unspecified atom stereocenters. The van der Waals surface area contributed by atoms with Crippen molar-refractivity contribution < 1.29 is 35.5 Å². The molecule has 136 valence electrons. The summed E-state index contributed by atoms with van der Waals surface area (Å²) < 4.78 is 88.9. The van der Waals surface area contributed by atoms with Gasteiger partial charge in [0, 0.05) is 6.07 Å². The van der Waals surface area contributed by atoms with E-state index in [1.165, 1.54) is 26.4 Å². The topological polar surface area (TPSA) is 64.6 Å². The van der Waals surface area contributed by atoms with E-state index in [2.05, 4.69) is 0 Å². The minimum atomic E-state index is -4.95. The number of rotatable bonds is 5. The number of benzene rings is 2. The van der Waals surface area contributed by atoms with Crippen molar-refractivity contribution in [3.05, 3.63) is 47.8 Å². The molecule has 0 bridgehead atoms. The Hall–Kier alpha value is -2.49. The fraction of sp³-hybridized carbons (Fsp3) is 0.200. The molecule has 0 heterocycles. The number of hydrogen-bond acceptors (Lipinski definition) is 4. The number of ether oxygens (including phenoxy) is 2. The van der Waals surface area contributed by atoms with Gasteiger partial charge in [-0.05, 0) is 30.3 Å². The van der Waals surface area contributed by atoms with Crippen LogP contribution in [0, 0.1) is 5.82 Å². The Morgan fingerprint density at radius 1 is 1.00 bits per heavy atom. The highest BCUT2D eigenvalue weighted by atomic mass is 32.2. The molecule has 0 atom stereocenters. The zero-order chi connectivity index (χ0) is 18.8. The first kappa shape index (κ1) is 18.8. The summed E-state index contributed by atoms with van der Waals surface area (Å²) in [7, 11) is -1.95. The van der Waals surface area contributed by atoms with Gasteiger partial charge in [0.2, 0.25) is 0 Å². The SMILES string of the molecule is COc1ccc(OC)c(S(=O)(=O)Nc2ccc(F)cc2C(F)(F)F)c1. The highest BCUT2D eigenvalue weighted by Gasteiger charge is 2.35. The Bertz CT molecular complexity index is 882. The molecular weight excluding hydrogens is 366 g/mol. The minimum Gasteiger partial charge on any atom is -0.497 e. The number of nitrogens with one attached hydrogen (secondary N) is 1. The number of sulfonamides is 1. The standard InChI is InChI=1S/C15H13F4NO4S/c1-23-10-4-6-13(24-2)14(8-10)25(21,22)20-12-5-3-9(16)7-11(12)15(17,18)19/h3-8,20H,1-2H3. The molecule has 10 heteroatoms. The number of methoxy groups -OCH3 is 2. The van der Waals surface area contributed by atoms with Gasteiger partial charge in [0.25, 0.3) is 10.0 Å². The van der Waals surface area contributed by atoms with Gasteiger partial charge in [-0.25, -0.2) is 12.8 Å². The zero-order valence-electron chi connectivity index (χ0n) is 13.0. The van der Waals surface area contributed by atoms with E-state index in [1.807, 2.05) is 4.72 Å². The summed E-state index contributed by atoms with van der Waals surface area (Å²) in [5.41, 5.74) is -2.25. The molecule has 2 aromatic rings. The van der Waals surface area contributed by atoms with Crippen LogP contribution < -0.4 is 14.2 Å². The van der Waals surface area contributed by atoms with E-state index in [-0.39, 0.29) is 17.6 Å². The van der Waals surface area contributed by atoms with Crippen LogP contribution in [0.15, 0.2) is 41.3 Å². The van der Waals surface area contributed by atoms with Crippen LogP contribution in [0.5, 0.6) is 11.5 Å². The van der Waals surface area contributed by atoms with Gasteiger partial charge >= 0.3 is 6.18 Å². The summed E-state index contributed by atoms with van der Waals surface area (Å²) in [4.78, 5) is -0.424. The molecular formula is C15H13F4NO4S. The second-order valence-electron chi connectivity index (χ2n) is 4.81. The number of hydrogen-bond donors (Lipinski definition) is 1. The van der Waals surface area contributed by atoms with Gasteiger partial charge in [-0.3, -0.25) is 4.72 Å². The van der Waals surface area contributed by atoms with E-state index in [4.69, 9.17) is 9.47 Å². The highest BCUT2D eigenvalue weighted by molar-refractivity contribution is 7.92. The first-order valence-electron chi connectivity index (χ1n) is 6.70. The second kappa shape index (κ2) is 6.79. The zero-order valence-corrected chi connectivity index (χ0v) is 13.8. The summed E-state index contributed by atoms with van der Waals surface area (Å²) in [5.74, 6) is -1.07. The molecule has 0 aliphatic rings. The predicted molar refractivity (Wildman–Crippen MR) is 81.8 cm³/mol. The molecule has 0 aliphatic heterocycles. The van der Waals surface area contributed by atoms with Crippen LogP contribution in [0.25, 0.3) is 0 Å². The number of anilines is 1. The van der Waals surface area contributed by atoms with Gasteiger partial charge in [0.1, 0.15) is 22.2 Å². The molecule has 0 amide bonds. The van der Waals surface area contributed by atoms with Crippen LogP contribution in [0.1, 0.15) is 5.56 Å². The van der Waals surface area contributed by atoms with E-state index < -0.39 is 38.2 Å². The number of halogens is 4. The molecule has 0 aromatic heterocycles. The predicted octanol–water partition coefficient (Wildman–Crippen LogP) is 3.66. The van der Waals surface area contributed by atoms with E-state index in [1.54, 1.807) is 0 Å². The van der Waals surface area contributed by atoms with Gasteiger partial charge in [0.05, 0.1) is 25.5 Å². The third-order valence-electron chi connectivity index (χ3n) is 3.19. The van der Waals surface area contributed by atoms with Crippen molar-refractivity contribution in [2.24, 2.45) is 0 Å². The third-order valence-corrected chi connectivity index (χ3v) is 4.58. The van der Waals surface area contributed by atoms with Crippen molar-refractivity contribution in [3.63, 3.8) is 0 Å². The average molecular weight is 379 g/mol. The molecule has 25 heavy (non-hydrogen) atoms. The summed E-state index contributed by atoms with van der Waals surface area (Å²) >= 11 is 0. The summed E-state index contributed by atoms with van der Waals surface area (Å²) in [6.45, 7) is 0. The van der Waals surface area contributed by atoms with Gasteiger partial charge in [-0.1, -0.05) is 0 Å². The second-order valence-corrected chi connectivity index (χ2v) is 6.46. The van der Waals surface area contributed by atoms with Gasteiger partial charge in [-0.15, -0.1) is 0 Å². The molecule has 5 nitrogen and oxygen atoms in total. The lowest BCUT2D eigenvalue weighted by Gasteiger charge is -2.16. The normalized spacial score (nSPS) is 11.9. The van der Waals surface area contributed by atoms with Crippen molar-refractivity contribution >= 4 is 15.7 Å². The minimum absolute atomic E-state index is 0.0935. The Morgan fingerprint density at radius 2 is 1.68 bits per heavy atom. The molecule has 0 saturated carbocycles.